The first-order valence-corrected chi connectivity index (χ1v) is 7.96. The van der Waals surface area contributed by atoms with Gasteiger partial charge in [-0.15, -0.1) is 0 Å². The van der Waals surface area contributed by atoms with Crippen molar-refractivity contribution in [2.75, 3.05) is 12.3 Å². The molecule has 0 fully saturated rings. The molecule has 2 rings (SSSR count). The fraction of sp³-hybridized carbons (Fsp3) is 0.462. The predicted molar refractivity (Wildman–Crippen MR) is 72.5 cm³/mol. The highest BCUT2D eigenvalue weighted by molar-refractivity contribution is 7.91. The van der Waals surface area contributed by atoms with Crippen molar-refractivity contribution in [1.82, 2.24) is 10.6 Å². The number of nitrogens with one attached hydrogen (secondary N) is 2. The van der Waals surface area contributed by atoms with Crippen LogP contribution in [0.4, 0.5) is 0 Å². The minimum atomic E-state index is -3.23. The number of likely N-dealkylation sites (N-methyl/N-ethyl adjacent to an activating group) is 1. The molecule has 0 bridgehead atoms. The van der Waals surface area contributed by atoms with Crippen LogP contribution in [0.25, 0.3) is 0 Å². The average molecular weight is 282 g/mol. The Morgan fingerprint density at radius 2 is 2.11 bits per heavy atom. The molecular weight excluding hydrogens is 264 g/mol. The molecule has 0 spiro atoms. The number of carbonyl (C=O) groups excluding carboxylic acids is 1. The van der Waals surface area contributed by atoms with Gasteiger partial charge >= 0.3 is 0 Å². The number of fused-ring (bicyclic) bond motifs is 1. The van der Waals surface area contributed by atoms with E-state index in [1.807, 2.05) is 13.0 Å². The molecule has 0 saturated heterocycles. The van der Waals surface area contributed by atoms with Crippen molar-refractivity contribution in [1.29, 1.82) is 0 Å². The summed E-state index contributed by atoms with van der Waals surface area (Å²) in [4.78, 5) is 12.1. The molecule has 1 aromatic carbocycles. The van der Waals surface area contributed by atoms with Crippen LogP contribution in [0.3, 0.4) is 0 Å². The van der Waals surface area contributed by atoms with Gasteiger partial charge in [0.25, 0.3) is 0 Å². The van der Waals surface area contributed by atoms with E-state index in [0.717, 1.165) is 5.56 Å². The third-order valence-electron chi connectivity index (χ3n) is 3.21. The molecule has 1 aliphatic rings. The second-order valence-electron chi connectivity index (χ2n) is 4.65. The van der Waals surface area contributed by atoms with Crippen LogP contribution in [0, 0.1) is 0 Å². The summed E-state index contributed by atoms with van der Waals surface area (Å²) in [6.45, 7) is 4.14. The fourth-order valence-corrected chi connectivity index (χ4v) is 4.04. The Hall–Kier alpha value is -1.40. The zero-order chi connectivity index (χ0) is 14.0. The molecule has 5 nitrogen and oxygen atoms in total. The molecule has 1 amide bonds. The van der Waals surface area contributed by atoms with E-state index in [9.17, 15) is 13.2 Å². The summed E-state index contributed by atoms with van der Waals surface area (Å²) >= 11 is 0. The van der Waals surface area contributed by atoms with Crippen LogP contribution >= 0.6 is 0 Å². The van der Waals surface area contributed by atoms with Gasteiger partial charge in [0.15, 0.2) is 9.84 Å². The van der Waals surface area contributed by atoms with Gasteiger partial charge in [-0.1, -0.05) is 18.2 Å². The van der Waals surface area contributed by atoms with Gasteiger partial charge < -0.3 is 5.32 Å². The SMILES string of the molecule is CCNC(=O)C(C)NC1CS(=O)(=O)c2ccccc21. The minimum Gasteiger partial charge on any atom is -0.355 e. The maximum absolute atomic E-state index is 12.0. The molecule has 1 aromatic rings. The molecule has 2 atom stereocenters. The number of hydrogen-bond donors (Lipinski definition) is 2. The van der Waals surface area contributed by atoms with E-state index >= 15 is 0 Å². The first-order valence-electron chi connectivity index (χ1n) is 6.31. The van der Waals surface area contributed by atoms with Gasteiger partial charge in [0.2, 0.25) is 5.91 Å². The Morgan fingerprint density at radius 3 is 2.79 bits per heavy atom. The van der Waals surface area contributed by atoms with Gasteiger partial charge in [-0.05, 0) is 25.5 Å². The molecule has 0 saturated carbocycles. The lowest BCUT2D eigenvalue weighted by molar-refractivity contribution is -0.122. The lowest BCUT2D eigenvalue weighted by Gasteiger charge is -2.18. The maximum Gasteiger partial charge on any atom is 0.236 e. The summed E-state index contributed by atoms with van der Waals surface area (Å²) in [5.41, 5.74) is 0.749. The summed E-state index contributed by atoms with van der Waals surface area (Å²) in [5, 5.41) is 5.80. The molecule has 2 N–H and O–H groups in total. The van der Waals surface area contributed by atoms with Crippen molar-refractivity contribution in [3.63, 3.8) is 0 Å². The van der Waals surface area contributed by atoms with E-state index in [4.69, 9.17) is 0 Å². The topological polar surface area (TPSA) is 75.3 Å². The molecule has 0 radical (unpaired) electrons. The highest BCUT2D eigenvalue weighted by atomic mass is 32.2. The van der Waals surface area contributed by atoms with Crippen molar-refractivity contribution in [2.45, 2.75) is 30.8 Å². The van der Waals surface area contributed by atoms with Crippen LogP contribution in [-0.4, -0.2) is 32.7 Å². The predicted octanol–water partition coefficient (Wildman–Crippen LogP) is 0.629. The Balaban J connectivity index is 2.18. The van der Waals surface area contributed by atoms with Crippen molar-refractivity contribution in [2.24, 2.45) is 0 Å². The van der Waals surface area contributed by atoms with Gasteiger partial charge in [-0.2, -0.15) is 0 Å². The van der Waals surface area contributed by atoms with Gasteiger partial charge in [-0.3, -0.25) is 10.1 Å². The monoisotopic (exact) mass is 282 g/mol. The molecule has 0 aromatic heterocycles. The maximum atomic E-state index is 12.0. The van der Waals surface area contributed by atoms with Gasteiger partial charge in [0.1, 0.15) is 0 Å². The summed E-state index contributed by atoms with van der Waals surface area (Å²) in [5.74, 6) is -0.111. The summed E-state index contributed by atoms with van der Waals surface area (Å²) in [7, 11) is -3.23. The molecule has 0 aliphatic carbocycles. The smallest absolute Gasteiger partial charge is 0.236 e. The third kappa shape index (κ3) is 2.79. The highest BCUT2D eigenvalue weighted by Crippen LogP contribution is 2.33. The van der Waals surface area contributed by atoms with Gasteiger partial charge in [0.05, 0.1) is 16.7 Å². The molecule has 6 heteroatoms. The van der Waals surface area contributed by atoms with Crippen molar-refractivity contribution in [3.8, 4) is 0 Å². The van der Waals surface area contributed by atoms with Gasteiger partial charge in [-0.25, -0.2) is 8.42 Å². The zero-order valence-electron chi connectivity index (χ0n) is 11.0. The van der Waals surface area contributed by atoms with E-state index < -0.39 is 15.9 Å². The standard InChI is InChI=1S/C13H18N2O3S/c1-3-14-13(16)9(2)15-11-8-19(17,18)12-7-5-4-6-10(11)12/h4-7,9,11,15H,3,8H2,1-2H3,(H,14,16). The van der Waals surface area contributed by atoms with E-state index in [2.05, 4.69) is 10.6 Å². The number of hydrogen-bond acceptors (Lipinski definition) is 4. The lowest BCUT2D eigenvalue weighted by atomic mass is 10.1. The van der Waals surface area contributed by atoms with Crippen LogP contribution in [0.15, 0.2) is 29.2 Å². The first-order chi connectivity index (χ1) is 8.95. The summed E-state index contributed by atoms with van der Waals surface area (Å²) in [6.07, 6.45) is 0. The van der Waals surface area contributed by atoms with Crippen molar-refractivity contribution < 1.29 is 13.2 Å². The first kappa shape index (κ1) is 14.0. The fourth-order valence-electron chi connectivity index (χ4n) is 2.29. The Bertz CT molecular complexity index is 583. The Kier molecular flexibility index (Phi) is 3.91. The van der Waals surface area contributed by atoms with Gasteiger partial charge in [0, 0.05) is 12.6 Å². The van der Waals surface area contributed by atoms with Crippen LogP contribution in [0.5, 0.6) is 0 Å². The molecule has 1 heterocycles. The number of carbonyl (C=O) groups is 1. The number of rotatable bonds is 4. The van der Waals surface area contributed by atoms with Crippen LogP contribution in [0.2, 0.25) is 0 Å². The number of sulfone groups is 1. The molecule has 2 unspecified atom stereocenters. The third-order valence-corrected chi connectivity index (χ3v) is 5.03. The van der Waals surface area contributed by atoms with Crippen LogP contribution in [0.1, 0.15) is 25.5 Å². The van der Waals surface area contributed by atoms with E-state index in [1.165, 1.54) is 0 Å². The van der Waals surface area contributed by atoms with E-state index in [1.54, 1.807) is 25.1 Å². The second kappa shape index (κ2) is 5.30. The largest absolute Gasteiger partial charge is 0.355 e. The minimum absolute atomic E-state index is 0.0100. The zero-order valence-corrected chi connectivity index (χ0v) is 11.8. The Morgan fingerprint density at radius 1 is 1.42 bits per heavy atom. The number of amides is 1. The van der Waals surface area contributed by atoms with Crippen LogP contribution in [-0.2, 0) is 14.6 Å². The molecule has 1 aliphatic heterocycles. The quantitative estimate of drug-likeness (QED) is 0.849. The molecule has 19 heavy (non-hydrogen) atoms. The van der Waals surface area contributed by atoms with E-state index in [-0.39, 0.29) is 17.7 Å². The van der Waals surface area contributed by atoms with Crippen molar-refractivity contribution >= 4 is 15.7 Å². The molecule has 104 valence electrons. The normalized spacial score (nSPS) is 21.7. The Labute approximate surface area is 113 Å². The summed E-state index contributed by atoms with van der Waals surface area (Å²) in [6, 6.07) is 6.19. The highest BCUT2D eigenvalue weighted by Gasteiger charge is 2.35. The number of benzene rings is 1. The van der Waals surface area contributed by atoms with E-state index in [0.29, 0.717) is 11.4 Å². The molecular formula is C13H18N2O3S. The summed E-state index contributed by atoms with van der Waals surface area (Å²) < 4.78 is 24.0. The average Bonchev–Trinajstić information content (AvgIpc) is 2.62. The lowest BCUT2D eigenvalue weighted by Crippen LogP contribution is -2.44. The van der Waals surface area contributed by atoms with Crippen LogP contribution < -0.4 is 10.6 Å². The second-order valence-corrected chi connectivity index (χ2v) is 6.66. The van der Waals surface area contributed by atoms with Crippen molar-refractivity contribution in [3.05, 3.63) is 29.8 Å².